The molecule has 0 bridgehead atoms. The minimum absolute atomic E-state index is 0.276. The smallest absolute Gasteiger partial charge is 0.416 e. The highest BCUT2D eigenvalue weighted by molar-refractivity contribution is 5.70. The van der Waals surface area contributed by atoms with Crippen LogP contribution in [0.1, 0.15) is 17.5 Å². The molecule has 0 N–H and O–H groups in total. The Kier molecular flexibility index (Phi) is 4.67. The third kappa shape index (κ3) is 3.76. The Morgan fingerprint density at radius 1 is 1.33 bits per heavy atom. The average Bonchev–Trinajstić information content (AvgIpc) is 2.94. The van der Waals surface area contributed by atoms with Gasteiger partial charge in [0.25, 0.3) is 11.5 Å². The number of benzene rings is 1. The van der Waals surface area contributed by atoms with Gasteiger partial charge in [-0.3, -0.25) is 14.9 Å². The molecule has 1 aliphatic rings. The van der Waals surface area contributed by atoms with E-state index < -0.39 is 46.9 Å². The van der Waals surface area contributed by atoms with Crippen molar-refractivity contribution in [2.24, 2.45) is 0 Å². The number of nitro groups is 1. The van der Waals surface area contributed by atoms with Gasteiger partial charge in [-0.2, -0.15) is 13.2 Å². The number of nitrogens with zero attached hydrogens (tertiary/aromatic N) is 1. The van der Waals surface area contributed by atoms with Gasteiger partial charge in [0.1, 0.15) is 18.9 Å². The summed E-state index contributed by atoms with van der Waals surface area (Å²) in [5.74, 6) is -2.43. The van der Waals surface area contributed by atoms with Crippen molar-refractivity contribution in [2.45, 2.75) is 24.8 Å². The van der Waals surface area contributed by atoms with Crippen LogP contribution in [0, 0.1) is 10.1 Å². The van der Waals surface area contributed by atoms with E-state index in [-0.39, 0.29) is 5.56 Å². The summed E-state index contributed by atoms with van der Waals surface area (Å²) in [5.41, 5.74) is -1.86. The summed E-state index contributed by atoms with van der Waals surface area (Å²) in [7, 11) is 1.12. The highest BCUT2D eigenvalue weighted by Gasteiger charge is 2.42. The second-order valence-electron chi connectivity index (χ2n) is 4.95. The molecule has 1 heterocycles. The predicted molar refractivity (Wildman–Crippen MR) is 72.5 cm³/mol. The molecule has 0 aliphatic carbocycles. The number of rotatable bonds is 5. The molecule has 0 saturated heterocycles. The summed E-state index contributed by atoms with van der Waals surface area (Å²) in [6, 6.07) is 2.01. The summed E-state index contributed by atoms with van der Waals surface area (Å²) in [6.45, 7) is 0. The molecule has 10 heteroatoms. The number of esters is 1. The van der Waals surface area contributed by atoms with Crippen molar-refractivity contribution in [3.05, 3.63) is 52.0 Å². The van der Waals surface area contributed by atoms with Crippen LogP contribution in [0.15, 0.2) is 30.7 Å². The summed E-state index contributed by atoms with van der Waals surface area (Å²) in [5, 5.41) is 11.1. The number of hydrogen-bond acceptors (Lipinski definition) is 6. The average molecular weight is 347 g/mol. The van der Waals surface area contributed by atoms with E-state index in [2.05, 4.69) is 4.74 Å². The SMILES string of the molecule is COC(=O)CC1(Cc2cc(C(F)(F)F)ccc2[N+](=O)[O-])OC=CO1. The molecule has 0 unspecified atom stereocenters. The molecule has 0 aromatic heterocycles. The van der Waals surface area contributed by atoms with Crippen molar-refractivity contribution in [2.75, 3.05) is 7.11 Å². The largest absolute Gasteiger partial charge is 0.469 e. The van der Waals surface area contributed by atoms with Gasteiger partial charge in [-0.05, 0) is 12.1 Å². The Morgan fingerprint density at radius 2 is 1.96 bits per heavy atom. The number of alkyl halides is 3. The van der Waals surface area contributed by atoms with Crippen molar-refractivity contribution in [3.8, 4) is 0 Å². The monoisotopic (exact) mass is 347 g/mol. The summed E-state index contributed by atoms with van der Waals surface area (Å²) in [4.78, 5) is 21.7. The zero-order valence-electron chi connectivity index (χ0n) is 12.3. The molecular formula is C14H12F3NO6. The first kappa shape index (κ1) is 17.6. The number of ether oxygens (including phenoxy) is 3. The molecule has 130 valence electrons. The van der Waals surface area contributed by atoms with Gasteiger partial charge < -0.3 is 14.2 Å². The number of methoxy groups -OCH3 is 1. The Morgan fingerprint density at radius 3 is 2.46 bits per heavy atom. The molecular weight excluding hydrogens is 335 g/mol. The van der Waals surface area contributed by atoms with Crippen LogP contribution in [0.25, 0.3) is 0 Å². The van der Waals surface area contributed by atoms with Crippen molar-refractivity contribution in [1.82, 2.24) is 0 Å². The highest BCUT2D eigenvalue weighted by atomic mass is 19.4. The van der Waals surface area contributed by atoms with Gasteiger partial charge in [0.2, 0.25) is 0 Å². The van der Waals surface area contributed by atoms with E-state index in [0.29, 0.717) is 12.1 Å². The Bertz CT molecular complexity index is 678. The lowest BCUT2D eigenvalue weighted by molar-refractivity contribution is -0.386. The number of hydrogen-bond donors (Lipinski definition) is 0. The quantitative estimate of drug-likeness (QED) is 0.462. The van der Waals surface area contributed by atoms with Crippen LogP contribution in [0.3, 0.4) is 0 Å². The van der Waals surface area contributed by atoms with Crippen LogP contribution in [0.4, 0.5) is 18.9 Å². The maximum Gasteiger partial charge on any atom is 0.416 e. The van der Waals surface area contributed by atoms with Crippen LogP contribution >= 0.6 is 0 Å². The fourth-order valence-corrected chi connectivity index (χ4v) is 2.22. The molecule has 0 spiro atoms. The van der Waals surface area contributed by atoms with E-state index >= 15 is 0 Å². The first-order chi connectivity index (χ1) is 11.2. The zero-order chi connectivity index (χ0) is 18.0. The van der Waals surface area contributed by atoms with E-state index in [1.54, 1.807) is 0 Å². The standard InChI is InChI=1S/C14H12F3NO6/c1-22-12(19)8-13(23-4-5-24-13)7-9-6-10(14(15,16)17)2-3-11(9)18(20)21/h2-6H,7-8H2,1H3. The molecule has 1 aromatic rings. The molecule has 0 fully saturated rings. The molecule has 0 atom stereocenters. The van der Waals surface area contributed by atoms with Crippen molar-refractivity contribution < 1.29 is 37.1 Å². The van der Waals surface area contributed by atoms with Gasteiger partial charge in [-0.1, -0.05) is 0 Å². The first-order valence-electron chi connectivity index (χ1n) is 6.59. The second kappa shape index (κ2) is 6.38. The number of carbonyl (C=O) groups excluding carboxylic acids is 1. The molecule has 7 nitrogen and oxygen atoms in total. The number of nitro benzene ring substituents is 1. The van der Waals surface area contributed by atoms with Crippen LogP contribution in [0.5, 0.6) is 0 Å². The van der Waals surface area contributed by atoms with Crippen LogP contribution in [0.2, 0.25) is 0 Å². The molecule has 0 radical (unpaired) electrons. The van der Waals surface area contributed by atoms with E-state index in [4.69, 9.17) is 9.47 Å². The van der Waals surface area contributed by atoms with Crippen LogP contribution in [-0.4, -0.2) is 23.8 Å². The van der Waals surface area contributed by atoms with Gasteiger partial charge in [0, 0.05) is 11.6 Å². The normalized spacial score (nSPS) is 15.5. The van der Waals surface area contributed by atoms with Crippen LogP contribution in [-0.2, 0) is 31.6 Å². The maximum atomic E-state index is 12.9. The third-order valence-corrected chi connectivity index (χ3v) is 3.33. The lowest BCUT2D eigenvalue weighted by Gasteiger charge is -2.26. The van der Waals surface area contributed by atoms with E-state index in [1.165, 1.54) is 0 Å². The van der Waals surface area contributed by atoms with Gasteiger partial charge >= 0.3 is 12.1 Å². The predicted octanol–water partition coefficient (Wildman–Crippen LogP) is 2.93. The lowest BCUT2D eigenvalue weighted by Crippen LogP contribution is -2.36. The van der Waals surface area contributed by atoms with E-state index in [1.807, 2.05) is 0 Å². The van der Waals surface area contributed by atoms with E-state index in [9.17, 15) is 28.1 Å². The van der Waals surface area contributed by atoms with Crippen LogP contribution < -0.4 is 0 Å². The van der Waals surface area contributed by atoms with E-state index in [0.717, 1.165) is 25.7 Å². The first-order valence-corrected chi connectivity index (χ1v) is 6.59. The highest BCUT2D eigenvalue weighted by Crippen LogP contribution is 2.36. The van der Waals surface area contributed by atoms with Gasteiger partial charge in [-0.25, -0.2) is 0 Å². The van der Waals surface area contributed by atoms with Gasteiger partial charge in [-0.15, -0.1) is 0 Å². The minimum Gasteiger partial charge on any atom is -0.469 e. The molecule has 1 aliphatic heterocycles. The van der Waals surface area contributed by atoms with Crippen molar-refractivity contribution in [1.29, 1.82) is 0 Å². The van der Waals surface area contributed by atoms with Gasteiger partial charge in [0.05, 0.1) is 24.0 Å². The summed E-state index contributed by atoms with van der Waals surface area (Å²) >= 11 is 0. The molecule has 2 rings (SSSR count). The second-order valence-corrected chi connectivity index (χ2v) is 4.95. The topological polar surface area (TPSA) is 87.9 Å². The third-order valence-electron chi connectivity index (χ3n) is 3.33. The number of carbonyl (C=O) groups is 1. The molecule has 0 amide bonds. The van der Waals surface area contributed by atoms with Crippen molar-refractivity contribution >= 4 is 11.7 Å². The maximum absolute atomic E-state index is 12.9. The fourth-order valence-electron chi connectivity index (χ4n) is 2.22. The molecule has 0 saturated carbocycles. The number of halogens is 3. The zero-order valence-corrected chi connectivity index (χ0v) is 12.3. The Labute approximate surface area is 133 Å². The Hall–Kier alpha value is -2.78. The summed E-state index contributed by atoms with van der Waals surface area (Å²) < 4.78 is 53.4. The molecule has 1 aromatic carbocycles. The fraction of sp³-hybridized carbons (Fsp3) is 0.357. The molecule has 24 heavy (non-hydrogen) atoms. The van der Waals surface area contributed by atoms with Gasteiger partial charge in [0.15, 0.2) is 0 Å². The van der Waals surface area contributed by atoms with Crippen molar-refractivity contribution in [3.63, 3.8) is 0 Å². The lowest BCUT2D eigenvalue weighted by atomic mass is 9.98. The minimum atomic E-state index is -4.67. The Balaban J connectivity index is 2.41. The summed E-state index contributed by atoms with van der Waals surface area (Å²) in [6.07, 6.45) is -3.38.